The predicted molar refractivity (Wildman–Crippen MR) is 62.4 cm³/mol. The van der Waals surface area contributed by atoms with E-state index in [0.717, 1.165) is 0 Å². The molecule has 0 aromatic rings. The first kappa shape index (κ1) is 12.2. The summed E-state index contributed by atoms with van der Waals surface area (Å²) in [5.74, 6) is -0.402. The van der Waals surface area contributed by atoms with Gasteiger partial charge in [-0.1, -0.05) is 0 Å². The second-order valence-electron chi connectivity index (χ2n) is 1.65. The molecule has 0 amide bonds. The highest BCUT2D eigenvalue weighted by atomic mass is 127. The van der Waals surface area contributed by atoms with E-state index in [9.17, 15) is 4.79 Å². The molecule has 0 radical (unpaired) electrons. The van der Waals surface area contributed by atoms with E-state index < -0.39 is 5.97 Å². The zero-order valence-electron chi connectivity index (χ0n) is 6.57. The van der Waals surface area contributed by atoms with Crippen molar-refractivity contribution in [2.75, 3.05) is 14.2 Å². The van der Waals surface area contributed by atoms with Gasteiger partial charge in [0.1, 0.15) is 3.70 Å². The van der Waals surface area contributed by atoms with Crippen LogP contribution in [0, 0.1) is 0 Å². The topological polar surface area (TPSA) is 62.4 Å². The summed E-state index contributed by atoms with van der Waals surface area (Å²) in [5, 5.41) is 2.73. The quantitative estimate of drug-likeness (QED) is 0.161. The molecule has 0 aromatic heterocycles. The SMILES string of the molecule is CN/C(C(=O)OC)=C(/I)NNI. The van der Waals surface area contributed by atoms with Gasteiger partial charge in [0.15, 0.2) is 5.70 Å². The van der Waals surface area contributed by atoms with Crippen molar-refractivity contribution in [3.05, 3.63) is 9.40 Å². The smallest absolute Gasteiger partial charge is 0.356 e. The Hall–Kier alpha value is 0.230. The van der Waals surface area contributed by atoms with Crippen molar-refractivity contribution in [2.24, 2.45) is 0 Å². The number of ether oxygens (including phenoxy) is 1. The van der Waals surface area contributed by atoms with Crippen LogP contribution in [-0.2, 0) is 9.53 Å². The molecule has 0 saturated heterocycles. The van der Waals surface area contributed by atoms with E-state index in [1.54, 1.807) is 7.05 Å². The van der Waals surface area contributed by atoms with E-state index >= 15 is 0 Å². The minimum absolute atomic E-state index is 0.391. The maximum atomic E-state index is 11.0. The fraction of sp³-hybridized carbons (Fsp3) is 0.400. The molecule has 0 saturated carbocycles. The lowest BCUT2D eigenvalue weighted by Crippen LogP contribution is -2.27. The zero-order chi connectivity index (χ0) is 9.56. The van der Waals surface area contributed by atoms with E-state index in [0.29, 0.717) is 9.40 Å². The predicted octanol–water partition coefficient (Wildman–Crippen LogP) is 0.427. The lowest BCUT2D eigenvalue weighted by Gasteiger charge is -2.08. The van der Waals surface area contributed by atoms with E-state index in [4.69, 9.17) is 0 Å². The van der Waals surface area contributed by atoms with Gasteiger partial charge >= 0.3 is 5.97 Å². The molecular weight excluding hydrogens is 388 g/mol. The first-order valence-corrected chi connectivity index (χ1v) is 5.10. The van der Waals surface area contributed by atoms with Crippen LogP contribution in [0.15, 0.2) is 9.40 Å². The molecule has 0 heterocycles. The molecule has 0 aliphatic rings. The van der Waals surface area contributed by atoms with Crippen molar-refractivity contribution in [1.82, 2.24) is 14.4 Å². The summed E-state index contributed by atoms with van der Waals surface area (Å²) in [6.07, 6.45) is 0. The largest absolute Gasteiger partial charge is 0.464 e. The molecule has 12 heavy (non-hydrogen) atoms. The molecule has 0 aromatic carbocycles. The Morgan fingerprint density at radius 3 is 2.42 bits per heavy atom. The Kier molecular flexibility index (Phi) is 6.84. The van der Waals surface area contributed by atoms with Crippen LogP contribution in [0.25, 0.3) is 0 Å². The van der Waals surface area contributed by atoms with Gasteiger partial charge in [0.25, 0.3) is 0 Å². The van der Waals surface area contributed by atoms with Crippen molar-refractivity contribution >= 4 is 51.4 Å². The molecule has 0 unspecified atom stereocenters. The highest BCUT2D eigenvalue weighted by Crippen LogP contribution is 2.07. The van der Waals surface area contributed by atoms with Gasteiger partial charge in [-0.3, -0.25) is 0 Å². The van der Waals surface area contributed by atoms with Crippen molar-refractivity contribution < 1.29 is 9.53 Å². The third-order valence-electron chi connectivity index (χ3n) is 1.02. The average Bonchev–Trinajstić information content (AvgIpc) is 2.06. The van der Waals surface area contributed by atoms with Crippen LogP contribution in [0.1, 0.15) is 0 Å². The van der Waals surface area contributed by atoms with Crippen molar-refractivity contribution in [2.45, 2.75) is 0 Å². The summed E-state index contributed by atoms with van der Waals surface area (Å²) in [5.41, 5.74) is 3.14. The lowest BCUT2D eigenvalue weighted by atomic mass is 10.5. The molecule has 0 atom stereocenters. The Bertz CT molecular complexity index is 195. The standard InChI is InChI=1S/C5H9I2N3O2/c1-8-3(5(11)12-2)4(6)9-10-7/h8-10H,1-2H3/b4-3-. The number of esters is 1. The maximum absolute atomic E-state index is 11.0. The third kappa shape index (κ3) is 3.76. The number of hydrogen-bond donors (Lipinski definition) is 3. The third-order valence-corrected chi connectivity index (χ3v) is 2.09. The maximum Gasteiger partial charge on any atom is 0.356 e. The number of hydrogen-bond acceptors (Lipinski definition) is 5. The second kappa shape index (κ2) is 6.71. The van der Waals surface area contributed by atoms with Crippen LogP contribution < -0.4 is 14.4 Å². The summed E-state index contributed by atoms with van der Waals surface area (Å²) in [6, 6.07) is 0. The summed E-state index contributed by atoms with van der Waals surface area (Å²) in [7, 11) is 2.99. The number of methoxy groups -OCH3 is 1. The molecule has 0 bridgehead atoms. The minimum Gasteiger partial charge on any atom is -0.464 e. The molecule has 70 valence electrons. The van der Waals surface area contributed by atoms with Crippen LogP contribution in [0.4, 0.5) is 0 Å². The van der Waals surface area contributed by atoms with Crippen LogP contribution >= 0.6 is 45.5 Å². The zero-order valence-corrected chi connectivity index (χ0v) is 10.9. The van der Waals surface area contributed by atoms with Crippen molar-refractivity contribution in [3.8, 4) is 0 Å². The van der Waals surface area contributed by atoms with Gasteiger partial charge in [0.05, 0.1) is 7.11 Å². The van der Waals surface area contributed by atoms with E-state index in [1.807, 2.05) is 45.5 Å². The highest BCUT2D eigenvalue weighted by molar-refractivity contribution is 14.1. The number of hydrazine groups is 1. The summed E-state index contributed by atoms with van der Waals surface area (Å²) in [4.78, 5) is 11.0. The Balaban J connectivity index is 4.48. The van der Waals surface area contributed by atoms with Crippen LogP contribution in [0.2, 0.25) is 0 Å². The van der Waals surface area contributed by atoms with Gasteiger partial charge in [-0.2, -0.15) is 3.64 Å². The second-order valence-corrected chi connectivity index (χ2v) is 3.27. The molecular formula is C5H9I2N3O2. The normalized spacial score (nSPS) is 11.7. The highest BCUT2D eigenvalue weighted by Gasteiger charge is 2.11. The molecule has 0 fully saturated rings. The summed E-state index contributed by atoms with van der Waals surface area (Å²) >= 11 is 3.89. The molecule has 5 nitrogen and oxygen atoms in total. The van der Waals surface area contributed by atoms with Gasteiger partial charge < -0.3 is 15.5 Å². The van der Waals surface area contributed by atoms with Gasteiger partial charge in [-0.15, -0.1) is 0 Å². The molecule has 0 spiro atoms. The lowest BCUT2D eigenvalue weighted by molar-refractivity contribution is -0.136. The Morgan fingerprint density at radius 1 is 1.50 bits per heavy atom. The number of likely N-dealkylation sites (N-methyl/N-ethyl adjacent to an activating group) is 1. The monoisotopic (exact) mass is 397 g/mol. The number of halogens is 2. The van der Waals surface area contributed by atoms with Crippen LogP contribution in [0.3, 0.4) is 0 Å². The minimum atomic E-state index is -0.402. The summed E-state index contributed by atoms with van der Waals surface area (Å²) in [6.45, 7) is 0. The first-order chi connectivity index (χ1) is 5.67. The molecule has 0 aliphatic heterocycles. The Labute approximate surface area is 98.3 Å². The van der Waals surface area contributed by atoms with Crippen molar-refractivity contribution in [1.29, 1.82) is 0 Å². The first-order valence-electron chi connectivity index (χ1n) is 2.94. The van der Waals surface area contributed by atoms with Gasteiger partial charge in [0, 0.05) is 29.9 Å². The molecule has 0 rings (SSSR count). The number of carbonyl (C=O) groups is 1. The number of carbonyl (C=O) groups excluding carboxylic acids is 1. The van der Waals surface area contributed by atoms with Crippen molar-refractivity contribution in [3.63, 3.8) is 0 Å². The fourth-order valence-electron chi connectivity index (χ4n) is 0.507. The van der Waals surface area contributed by atoms with E-state index in [1.165, 1.54) is 7.11 Å². The number of rotatable bonds is 4. The molecule has 0 aliphatic carbocycles. The molecule has 3 N–H and O–H groups in total. The Morgan fingerprint density at radius 2 is 2.08 bits per heavy atom. The van der Waals surface area contributed by atoms with Gasteiger partial charge in [-0.05, 0) is 22.6 Å². The van der Waals surface area contributed by atoms with Gasteiger partial charge in [0.2, 0.25) is 0 Å². The van der Waals surface area contributed by atoms with Crippen LogP contribution in [-0.4, -0.2) is 20.1 Å². The fourth-order valence-corrected chi connectivity index (χ4v) is 1.92. The van der Waals surface area contributed by atoms with E-state index in [2.05, 4.69) is 19.1 Å². The van der Waals surface area contributed by atoms with Crippen LogP contribution in [0.5, 0.6) is 0 Å². The van der Waals surface area contributed by atoms with Gasteiger partial charge in [-0.25, -0.2) is 4.79 Å². The molecule has 7 heteroatoms. The summed E-state index contributed by atoms with van der Waals surface area (Å²) < 4.78 is 7.85. The van der Waals surface area contributed by atoms with E-state index in [-0.39, 0.29) is 0 Å². The number of nitrogens with one attached hydrogen (secondary N) is 3. The average molecular weight is 397 g/mol.